The van der Waals surface area contributed by atoms with E-state index >= 15 is 0 Å². The minimum atomic E-state index is 0.122. The molecule has 0 saturated carbocycles. The van der Waals surface area contributed by atoms with Gasteiger partial charge in [-0.25, -0.2) is 0 Å². The number of rotatable bonds is 4. The molecule has 3 nitrogen and oxygen atoms in total. The summed E-state index contributed by atoms with van der Waals surface area (Å²) in [6.45, 7) is 7.86. The van der Waals surface area contributed by atoms with Gasteiger partial charge in [-0.1, -0.05) is 35.0 Å². The van der Waals surface area contributed by atoms with Crippen molar-refractivity contribution in [2.75, 3.05) is 26.7 Å². The lowest BCUT2D eigenvalue weighted by atomic mass is 9.96. The summed E-state index contributed by atoms with van der Waals surface area (Å²) in [7, 11) is 2.23. The van der Waals surface area contributed by atoms with Gasteiger partial charge in [-0.3, -0.25) is 4.90 Å². The highest BCUT2D eigenvalue weighted by molar-refractivity contribution is 9.10. The molecule has 3 atom stereocenters. The van der Waals surface area contributed by atoms with Gasteiger partial charge in [0.15, 0.2) is 0 Å². The topological polar surface area (TPSA) is 32.5 Å². The van der Waals surface area contributed by atoms with E-state index in [1.807, 2.05) is 0 Å². The molecule has 3 unspecified atom stereocenters. The van der Waals surface area contributed by atoms with Gasteiger partial charge in [0.05, 0.1) is 0 Å². The van der Waals surface area contributed by atoms with E-state index < -0.39 is 0 Å². The molecule has 118 valence electrons. The molecule has 1 aliphatic rings. The first-order valence-electron chi connectivity index (χ1n) is 7.98. The molecule has 1 saturated heterocycles. The summed E-state index contributed by atoms with van der Waals surface area (Å²) in [5, 5.41) is 0. The van der Waals surface area contributed by atoms with Crippen molar-refractivity contribution in [2.24, 2.45) is 5.73 Å². The molecule has 0 aliphatic carbocycles. The van der Waals surface area contributed by atoms with Gasteiger partial charge in [0.2, 0.25) is 0 Å². The minimum Gasteiger partial charge on any atom is -0.326 e. The molecular weight excluding hydrogens is 326 g/mol. The Morgan fingerprint density at radius 3 is 2.76 bits per heavy atom. The average molecular weight is 354 g/mol. The quantitative estimate of drug-likeness (QED) is 0.901. The molecular formula is C17H28BrN3. The van der Waals surface area contributed by atoms with E-state index in [9.17, 15) is 0 Å². The number of hydrogen-bond donors (Lipinski definition) is 1. The van der Waals surface area contributed by atoms with Crippen molar-refractivity contribution in [3.05, 3.63) is 34.3 Å². The van der Waals surface area contributed by atoms with Crippen LogP contribution in [-0.2, 0) is 0 Å². The molecule has 1 fully saturated rings. The van der Waals surface area contributed by atoms with Gasteiger partial charge < -0.3 is 10.6 Å². The highest BCUT2D eigenvalue weighted by Gasteiger charge is 2.31. The van der Waals surface area contributed by atoms with Crippen molar-refractivity contribution >= 4 is 15.9 Å². The summed E-state index contributed by atoms with van der Waals surface area (Å²) >= 11 is 3.59. The summed E-state index contributed by atoms with van der Waals surface area (Å²) < 4.78 is 1.13. The zero-order valence-corrected chi connectivity index (χ0v) is 15.0. The van der Waals surface area contributed by atoms with E-state index in [2.05, 4.69) is 70.9 Å². The van der Waals surface area contributed by atoms with Crippen LogP contribution in [0.5, 0.6) is 0 Å². The van der Waals surface area contributed by atoms with Crippen LogP contribution in [0.4, 0.5) is 0 Å². The molecule has 0 spiro atoms. The SMILES string of the molecule is CCC1CN(C)CCCN1C(c1cccc(Br)c1)C(C)N. The Balaban J connectivity index is 2.31. The first-order valence-corrected chi connectivity index (χ1v) is 8.77. The molecule has 1 heterocycles. The van der Waals surface area contributed by atoms with E-state index in [1.165, 1.54) is 24.9 Å². The second-order valence-electron chi connectivity index (χ2n) is 6.27. The highest BCUT2D eigenvalue weighted by Crippen LogP contribution is 2.30. The molecule has 0 aromatic heterocycles. The molecule has 2 N–H and O–H groups in total. The van der Waals surface area contributed by atoms with Crippen molar-refractivity contribution in [2.45, 2.75) is 44.8 Å². The summed E-state index contributed by atoms with van der Waals surface area (Å²) in [6.07, 6.45) is 2.38. The van der Waals surface area contributed by atoms with Crippen LogP contribution in [-0.4, -0.2) is 48.6 Å². The van der Waals surface area contributed by atoms with E-state index in [0.29, 0.717) is 12.1 Å². The fraction of sp³-hybridized carbons (Fsp3) is 0.647. The Labute approximate surface area is 137 Å². The lowest BCUT2D eigenvalue weighted by Gasteiger charge is -2.39. The standard InChI is InChI=1S/C17H28BrN3/c1-4-16-12-20(3)9-6-10-21(16)17(13(2)19)14-7-5-8-15(18)11-14/h5,7-8,11,13,16-17H,4,6,9-10,12,19H2,1-3H3. The second-order valence-corrected chi connectivity index (χ2v) is 7.19. The Morgan fingerprint density at radius 1 is 1.38 bits per heavy atom. The summed E-state index contributed by atoms with van der Waals surface area (Å²) in [6, 6.07) is 9.60. The maximum Gasteiger partial charge on any atom is 0.0500 e. The monoisotopic (exact) mass is 353 g/mol. The lowest BCUT2D eigenvalue weighted by molar-refractivity contribution is 0.113. The van der Waals surface area contributed by atoms with E-state index in [4.69, 9.17) is 5.73 Å². The molecule has 2 rings (SSSR count). The Hall–Kier alpha value is -0.420. The molecule has 1 aromatic carbocycles. The van der Waals surface area contributed by atoms with Crippen LogP contribution in [0.15, 0.2) is 28.7 Å². The maximum atomic E-state index is 6.38. The third kappa shape index (κ3) is 4.28. The molecule has 21 heavy (non-hydrogen) atoms. The van der Waals surface area contributed by atoms with Crippen molar-refractivity contribution in [3.8, 4) is 0 Å². The third-order valence-electron chi connectivity index (χ3n) is 4.46. The van der Waals surface area contributed by atoms with Crippen LogP contribution >= 0.6 is 15.9 Å². The normalized spacial score (nSPS) is 24.5. The number of likely N-dealkylation sites (N-methyl/N-ethyl adjacent to an activating group) is 1. The first kappa shape index (κ1) is 16.9. The predicted molar refractivity (Wildman–Crippen MR) is 93.4 cm³/mol. The average Bonchev–Trinajstić information content (AvgIpc) is 2.61. The highest BCUT2D eigenvalue weighted by atomic mass is 79.9. The molecule has 0 radical (unpaired) electrons. The number of nitrogens with zero attached hydrogens (tertiary/aromatic N) is 2. The van der Waals surface area contributed by atoms with Crippen molar-refractivity contribution < 1.29 is 0 Å². The van der Waals surface area contributed by atoms with Gasteiger partial charge in [0, 0.05) is 35.7 Å². The first-order chi connectivity index (χ1) is 10.0. The van der Waals surface area contributed by atoms with Gasteiger partial charge >= 0.3 is 0 Å². The van der Waals surface area contributed by atoms with Gasteiger partial charge in [0.1, 0.15) is 0 Å². The maximum absolute atomic E-state index is 6.38. The van der Waals surface area contributed by atoms with E-state index in [1.54, 1.807) is 0 Å². The Morgan fingerprint density at radius 2 is 2.14 bits per heavy atom. The fourth-order valence-corrected chi connectivity index (χ4v) is 3.90. The number of hydrogen-bond acceptors (Lipinski definition) is 3. The van der Waals surface area contributed by atoms with Crippen LogP contribution in [0.25, 0.3) is 0 Å². The molecule has 1 aliphatic heterocycles. The van der Waals surface area contributed by atoms with Gasteiger partial charge in [0.25, 0.3) is 0 Å². The zero-order chi connectivity index (χ0) is 15.4. The molecule has 0 bridgehead atoms. The van der Waals surface area contributed by atoms with E-state index in [0.717, 1.165) is 17.6 Å². The van der Waals surface area contributed by atoms with Crippen LogP contribution in [0.2, 0.25) is 0 Å². The zero-order valence-electron chi connectivity index (χ0n) is 13.4. The van der Waals surface area contributed by atoms with Gasteiger partial charge in [-0.05, 0) is 51.1 Å². The third-order valence-corrected chi connectivity index (χ3v) is 4.96. The fourth-order valence-electron chi connectivity index (χ4n) is 3.48. The second kappa shape index (κ2) is 7.73. The number of benzene rings is 1. The van der Waals surface area contributed by atoms with E-state index in [-0.39, 0.29) is 6.04 Å². The number of nitrogens with two attached hydrogens (primary N) is 1. The van der Waals surface area contributed by atoms with Gasteiger partial charge in [-0.2, -0.15) is 0 Å². The molecule has 4 heteroatoms. The van der Waals surface area contributed by atoms with Crippen molar-refractivity contribution in [1.29, 1.82) is 0 Å². The summed E-state index contributed by atoms with van der Waals surface area (Å²) in [5.41, 5.74) is 7.70. The largest absolute Gasteiger partial charge is 0.326 e. The van der Waals surface area contributed by atoms with Gasteiger partial charge in [-0.15, -0.1) is 0 Å². The number of halogens is 1. The lowest BCUT2D eigenvalue weighted by Crippen LogP contribution is -2.47. The van der Waals surface area contributed by atoms with Crippen LogP contribution < -0.4 is 5.73 Å². The predicted octanol–water partition coefficient (Wildman–Crippen LogP) is 3.25. The summed E-state index contributed by atoms with van der Waals surface area (Å²) in [5.74, 6) is 0. The van der Waals surface area contributed by atoms with Crippen molar-refractivity contribution in [1.82, 2.24) is 9.80 Å². The summed E-state index contributed by atoms with van der Waals surface area (Å²) in [4.78, 5) is 5.09. The minimum absolute atomic E-state index is 0.122. The smallest absolute Gasteiger partial charge is 0.0500 e. The Bertz CT molecular complexity index is 449. The molecule has 0 amide bonds. The molecule has 1 aromatic rings. The van der Waals surface area contributed by atoms with Crippen molar-refractivity contribution in [3.63, 3.8) is 0 Å². The van der Waals surface area contributed by atoms with Crippen LogP contribution in [0.1, 0.15) is 38.3 Å². The van der Waals surface area contributed by atoms with Crippen LogP contribution in [0, 0.1) is 0 Å². The van der Waals surface area contributed by atoms with Crippen LogP contribution in [0.3, 0.4) is 0 Å². The Kier molecular flexibility index (Phi) is 6.23.